The van der Waals surface area contributed by atoms with Crippen molar-refractivity contribution in [2.45, 2.75) is 6.61 Å². The predicted molar refractivity (Wildman–Crippen MR) is 111 cm³/mol. The number of hydrogen-bond acceptors (Lipinski definition) is 7. The van der Waals surface area contributed by atoms with Crippen LogP contribution in [0.1, 0.15) is 21.9 Å². The van der Waals surface area contributed by atoms with Crippen LogP contribution < -0.4 is 25.6 Å². The molecule has 3 rings (SSSR count). The van der Waals surface area contributed by atoms with Gasteiger partial charge in [-0.15, -0.1) is 0 Å². The first-order chi connectivity index (χ1) is 15.1. The lowest BCUT2D eigenvalue weighted by molar-refractivity contribution is -0.120. The number of carbonyl (C=O) groups excluding carboxylic acids is 2. The molecule has 158 valence electrons. The summed E-state index contributed by atoms with van der Waals surface area (Å²) < 4.78 is 16.2. The number of amides is 2. The molecule has 1 heterocycles. The Bertz CT molecular complexity index is 1100. The van der Waals surface area contributed by atoms with Gasteiger partial charge in [-0.05, 0) is 36.4 Å². The maximum absolute atomic E-state index is 12.2. The lowest BCUT2D eigenvalue weighted by Gasteiger charge is -2.11. The van der Waals surface area contributed by atoms with Crippen LogP contribution in [0.4, 0.5) is 5.69 Å². The molecule has 0 atom stereocenters. The first-order valence-electron chi connectivity index (χ1n) is 9.27. The summed E-state index contributed by atoms with van der Waals surface area (Å²) in [5.74, 6) is 0.341. The van der Waals surface area contributed by atoms with Crippen molar-refractivity contribution in [2.24, 2.45) is 0 Å². The van der Waals surface area contributed by atoms with E-state index in [9.17, 15) is 9.59 Å². The van der Waals surface area contributed by atoms with Gasteiger partial charge in [0.15, 0.2) is 5.76 Å². The molecule has 0 fully saturated rings. The molecule has 3 N–H and O–H groups in total. The molecule has 2 amide bonds. The zero-order valence-electron chi connectivity index (χ0n) is 16.7. The van der Waals surface area contributed by atoms with Gasteiger partial charge < -0.3 is 19.2 Å². The second-order valence-electron chi connectivity index (χ2n) is 6.22. The molecule has 0 aliphatic rings. The Labute approximate surface area is 178 Å². The minimum absolute atomic E-state index is 0.00477. The van der Waals surface area contributed by atoms with Gasteiger partial charge in [0.05, 0.1) is 24.9 Å². The van der Waals surface area contributed by atoms with Crippen LogP contribution in [0.15, 0.2) is 65.1 Å². The molecule has 0 aliphatic heterocycles. The summed E-state index contributed by atoms with van der Waals surface area (Å²) in [5.41, 5.74) is 5.64. The highest BCUT2D eigenvalue weighted by Crippen LogP contribution is 2.22. The van der Waals surface area contributed by atoms with E-state index >= 15 is 0 Å². The van der Waals surface area contributed by atoms with E-state index in [4.69, 9.17) is 19.2 Å². The number of anilines is 1. The maximum atomic E-state index is 12.2. The molecule has 0 aliphatic carbocycles. The Morgan fingerprint density at radius 2 is 1.74 bits per heavy atom. The van der Waals surface area contributed by atoms with E-state index < -0.39 is 11.8 Å². The van der Waals surface area contributed by atoms with Crippen LogP contribution in [0.25, 0.3) is 0 Å². The molecular weight excluding hydrogens is 400 g/mol. The summed E-state index contributed by atoms with van der Waals surface area (Å²) >= 11 is 0. The number of ether oxygens (including phenoxy) is 2. The van der Waals surface area contributed by atoms with Gasteiger partial charge in [0.25, 0.3) is 5.91 Å². The van der Waals surface area contributed by atoms with Gasteiger partial charge in [-0.2, -0.15) is 5.26 Å². The van der Waals surface area contributed by atoms with Gasteiger partial charge in [0.1, 0.15) is 29.9 Å². The van der Waals surface area contributed by atoms with Crippen LogP contribution in [0.5, 0.6) is 11.5 Å². The molecule has 2 aromatic carbocycles. The Kier molecular flexibility index (Phi) is 7.11. The van der Waals surface area contributed by atoms with E-state index in [1.54, 1.807) is 42.5 Å². The van der Waals surface area contributed by atoms with Crippen molar-refractivity contribution in [2.75, 3.05) is 19.0 Å². The molecule has 9 nitrogen and oxygen atoms in total. The molecule has 0 bridgehead atoms. The monoisotopic (exact) mass is 420 g/mol. The van der Waals surface area contributed by atoms with Crippen molar-refractivity contribution in [1.29, 1.82) is 5.26 Å². The minimum atomic E-state index is -0.616. The SMILES string of the molecule is COc1ccccc1NCC(=O)NNC(=O)c1ccc(COc2ccccc2C#N)o1. The molecule has 0 saturated heterocycles. The number of nitrogens with zero attached hydrogens (tertiary/aromatic N) is 1. The van der Waals surface area contributed by atoms with Crippen molar-refractivity contribution in [3.05, 3.63) is 77.7 Å². The Balaban J connectivity index is 1.46. The smallest absolute Gasteiger partial charge is 0.305 e. The predicted octanol–water partition coefficient (Wildman–Crippen LogP) is 2.61. The molecular formula is C22H20N4O5. The van der Waals surface area contributed by atoms with Crippen LogP contribution in [0.2, 0.25) is 0 Å². The molecule has 0 saturated carbocycles. The van der Waals surface area contributed by atoms with Crippen LogP contribution in [-0.2, 0) is 11.4 Å². The summed E-state index contributed by atoms with van der Waals surface area (Å²) in [7, 11) is 1.53. The van der Waals surface area contributed by atoms with Crippen LogP contribution in [0.3, 0.4) is 0 Å². The number of furan rings is 1. The molecule has 1 aromatic heterocycles. The number of rotatable bonds is 8. The average Bonchev–Trinajstić information content (AvgIpc) is 3.29. The zero-order valence-corrected chi connectivity index (χ0v) is 16.7. The fourth-order valence-electron chi connectivity index (χ4n) is 2.61. The van der Waals surface area contributed by atoms with Crippen LogP contribution in [-0.4, -0.2) is 25.5 Å². The number of benzene rings is 2. The van der Waals surface area contributed by atoms with E-state index in [-0.39, 0.29) is 18.9 Å². The summed E-state index contributed by atoms with van der Waals surface area (Å²) in [6, 6.07) is 19.0. The topological polar surface area (TPSA) is 126 Å². The van der Waals surface area contributed by atoms with E-state index in [1.807, 2.05) is 18.2 Å². The van der Waals surface area contributed by atoms with E-state index in [0.717, 1.165) is 0 Å². The van der Waals surface area contributed by atoms with Gasteiger partial charge in [0, 0.05) is 0 Å². The third-order valence-corrected chi connectivity index (χ3v) is 4.12. The van der Waals surface area contributed by atoms with E-state index in [1.165, 1.54) is 13.2 Å². The standard InChI is InChI=1S/C22H20N4O5/c1-29-19-9-5-3-7-17(19)24-13-21(27)25-26-22(28)20-11-10-16(31-20)14-30-18-8-4-2-6-15(18)12-23/h2-11,24H,13-14H2,1H3,(H,25,27)(H,26,28). The lowest BCUT2D eigenvalue weighted by atomic mass is 10.2. The zero-order chi connectivity index (χ0) is 22.1. The number of para-hydroxylation sites is 3. The first kappa shape index (κ1) is 21.3. The molecule has 3 aromatic rings. The number of hydrogen-bond donors (Lipinski definition) is 3. The van der Waals surface area contributed by atoms with Crippen molar-refractivity contribution < 1.29 is 23.5 Å². The molecule has 0 unspecified atom stereocenters. The summed E-state index contributed by atoms with van der Waals surface area (Å²) in [6.45, 7) is -0.0304. The minimum Gasteiger partial charge on any atom is -0.495 e. The summed E-state index contributed by atoms with van der Waals surface area (Å²) in [6.07, 6.45) is 0. The number of methoxy groups -OCH3 is 1. The second-order valence-corrected chi connectivity index (χ2v) is 6.22. The van der Waals surface area contributed by atoms with Crippen LogP contribution in [0, 0.1) is 11.3 Å². The second kappa shape index (κ2) is 10.4. The summed E-state index contributed by atoms with van der Waals surface area (Å²) in [5, 5.41) is 12.0. The number of nitriles is 1. The molecule has 0 radical (unpaired) electrons. The van der Waals surface area contributed by atoms with Crippen molar-refractivity contribution in [3.8, 4) is 17.6 Å². The quantitative estimate of drug-likeness (QED) is 0.478. The van der Waals surface area contributed by atoms with Gasteiger partial charge in [-0.1, -0.05) is 24.3 Å². The van der Waals surface area contributed by atoms with Gasteiger partial charge >= 0.3 is 5.91 Å². The Hall–Kier alpha value is -4.45. The fourth-order valence-corrected chi connectivity index (χ4v) is 2.61. The Morgan fingerprint density at radius 1 is 1.00 bits per heavy atom. The Morgan fingerprint density at radius 3 is 2.52 bits per heavy atom. The molecule has 9 heteroatoms. The van der Waals surface area contributed by atoms with E-state index in [0.29, 0.717) is 28.5 Å². The lowest BCUT2D eigenvalue weighted by Crippen LogP contribution is -2.44. The number of hydrazine groups is 1. The summed E-state index contributed by atoms with van der Waals surface area (Å²) in [4.78, 5) is 24.1. The number of carbonyl (C=O) groups is 2. The largest absolute Gasteiger partial charge is 0.495 e. The molecule has 0 spiro atoms. The van der Waals surface area contributed by atoms with Crippen molar-refractivity contribution >= 4 is 17.5 Å². The number of nitrogens with one attached hydrogen (secondary N) is 3. The van der Waals surface area contributed by atoms with Crippen molar-refractivity contribution in [1.82, 2.24) is 10.9 Å². The highest BCUT2D eigenvalue weighted by atomic mass is 16.5. The third-order valence-electron chi connectivity index (χ3n) is 4.12. The normalized spacial score (nSPS) is 9.94. The fraction of sp³-hybridized carbons (Fsp3) is 0.136. The van der Waals surface area contributed by atoms with Gasteiger partial charge in [-0.25, -0.2) is 0 Å². The average molecular weight is 420 g/mol. The molecule has 31 heavy (non-hydrogen) atoms. The first-order valence-corrected chi connectivity index (χ1v) is 9.27. The third kappa shape index (κ3) is 5.77. The van der Waals surface area contributed by atoms with Gasteiger partial charge in [0.2, 0.25) is 0 Å². The highest BCUT2D eigenvalue weighted by molar-refractivity contribution is 5.93. The maximum Gasteiger partial charge on any atom is 0.305 e. The van der Waals surface area contributed by atoms with Gasteiger partial charge in [-0.3, -0.25) is 20.4 Å². The van der Waals surface area contributed by atoms with Crippen LogP contribution >= 0.6 is 0 Å². The highest BCUT2D eigenvalue weighted by Gasteiger charge is 2.13. The van der Waals surface area contributed by atoms with Crippen molar-refractivity contribution in [3.63, 3.8) is 0 Å². The van der Waals surface area contributed by atoms with E-state index in [2.05, 4.69) is 16.2 Å².